The van der Waals surface area contributed by atoms with Gasteiger partial charge in [-0.15, -0.1) is 0 Å². The molecule has 6 nitrogen and oxygen atoms in total. The number of anilines is 1. The highest BCUT2D eigenvalue weighted by Crippen LogP contribution is 2.29. The minimum absolute atomic E-state index is 0.0726. The molecule has 0 radical (unpaired) electrons. The lowest BCUT2D eigenvalue weighted by Gasteiger charge is -2.26. The molecular formula is C29H26ClFN2O4S. The van der Waals surface area contributed by atoms with E-state index in [0.29, 0.717) is 28.6 Å². The van der Waals surface area contributed by atoms with E-state index in [1.807, 2.05) is 0 Å². The molecule has 0 aromatic heterocycles. The van der Waals surface area contributed by atoms with Crippen molar-refractivity contribution < 1.29 is 22.3 Å². The number of sulfonamides is 1. The highest BCUT2D eigenvalue weighted by Gasteiger charge is 2.28. The lowest BCUT2D eigenvalue weighted by molar-refractivity contribution is -0.119. The van der Waals surface area contributed by atoms with Gasteiger partial charge in [-0.1, -0.05) is 60.1 Å². The van der Waals surface area contributed by atoms with Crippen LogP contribution in [-0.2, 0) is 28.0 Å². The Morgan fingerprint density at radius 2 is 1.58 bits per heavy atom. The van der Waals surface area contributed by atoms with Gasteiger partial charge < -0.3 is 10.1 Å². The first-order valence-electron chi connectivity index (χ1n) is 11.8. The molecule has 0 spiro atoms. The fourth-order valence-corrected chi connectivity index (χ4v) is 5.37. The summed E-state index contributed by atoms with van der Waals surface area (Å²) in [6.45, 7) is 1.84. The molecule has 4 aromatic rings. The molecule has 0 saturated carbocycles. The highest BCUT2D eigenvalue weighted by molar-refractivity contribution is 7.92. The molecule has 1 amide bonds. The molecule has 0 atom stereocenters. The topological polar surface area (TPSA) is 75.7 Å². The van der Waals surface area contributed by atoms with Crippen LogP contribution < -0.4 is 14.4 Å². The first-order chi connectivity index (χ1) is 18.2. The first kappa shape index (κ1) is 27.2. The van der Waals surface area contributed by atoms with Gasteiger partial charge >= 0.3 is 0 Å². The summed E-state index contributed by atoms with van der Waals surface area (Å²) in [5.74, 6) is -0.148. The molecule has 0 aliphatic heterocycles. The van der Waals surface area contributed by atoms with Gasteiger partial charge in [0.15, 0.2) is 0 Å². The van der Waals surface area contributed by atoms with E-state index in [4.69, 9.17) is 16.3 Å². The molecule has 0 saturated heterocycles. The maximum Gasteiger partial charge on any atom is 0.264 e. The van der Waals surface area contributed by atoms with Gasteiger partial charge in [0.1, 0.15) is 24.7 Å². The van der Waals surface area contributed by atoms with Crippen molar-refractivity contribution in [3.05, 3.63) is 125 Å². The maximum atomic E-state index is 13.5. The third-order valence-corrected chi connectivity index (χ3v) is 7.80. The second kappa shape index (κ2) is 12.1. The second-order valence-electron chi connectivity index (χ2n) is 8.59. The Morgan fingerprint density at radius 1 is 0.921 bits per heavy atom. The van der Waals surface area contributed by atoms with Crippen molar-refractivity contribution in [3.8, 4) is 5.75 Å². The highest BCUT2D eigenvalue weighted by atomic mass is 35.5. The smallest absolute Gasteiger partial charge is 0.264 e. The number of carbonyl (C=O) groups excluding carboxylic acids is 1. The largest absolute Gasteiger partial charge is 0.489 e. The molecule has 4 rings (SSSR count). The molecule has 196 valence electrons. The summed E-state index contributed by atoms with van der Waals surface area (Å²) in [4.78, 5) is 13.0. The SMILES string of the molecule is Cc1ccc(Cl)cc1N(CC(=O)NCc1ccc(OCc2ccc(F)cc2)cc1)S(=O)(=O)c1ccccc1. The van der Waals surface area contributed by atoms with E-state index >= 15 is 0 Å². The summed E-state index contributed by atoms with van der Waals surface area (Å²) in [6.07, 6.45) is 0. The number of halogens is 2. The Hall–Kier alpha value is -3.88. The van der Waals surface area contributed by atoms with Gasteiger partial charge in [0.2, 0.25) is 5.91 Å². The van der Waals surface area contributed by atoms with Crippen molar-refractivity contribution in [2.75, 3.05) is 10.8 Å². The van der Waals surface area contributed by atoms with E-state index < -0.39 is 22.5 Å². The van der Waals surface area contributed by atoms with Gasteiger partial charge in [-0.2, -0.15) is 0 Å². The van der Waals surface area contributed by atoms with E-state index in [1.54, 1.807) is 73.7 Å². The lowest BCUT2D eigenvalue weighted by atomic mass is 10.2. The number of rotatable bonds is 10. The first-order valence-corrected chi connectivity index (χ1v) is 13.6. The van der Waals surface area contributed by atoms with Crippen molar-refractivity contribution in [3.63, 3.8) is 0 Å². The zero-order valence-electron chi connectivity index (χ0n) is 20.6. The molecule has 0 fully saturated rings. The number of ether oxygens (including phenoxy) is 1. The Morgan fingerprint density at radius 3 is 2.26 bits per heavy atom. The molecule has 38 heavy (non-hydrogen) atoms. The molecular weight excluding hydrogens is 527 g/mol. The summed E-state index contributed by atoms with van der Waals surface area (Å²) in [6, 6.07) is 26.1. The normalized spacial score (nSPS) is 11.1. The molecule has 0 heterocycles. The monoisotopic (exact) mass is 552 g/mol. The lowest BCUT2D eigenvalue weighted by Crippen LogP contribution is -2.41. The van der Waals surface area contributed by atoms with E-state index in [-0.39, 0.29) is 17.3 Å². The number of aryl methyl sites for hydroxylation is 1. The predicted octanol–water partition coefficient (Wildman–Crippen LogP) is 5.88. The molecule has 0 aliphatic rings. The standard InChI is InChI=1S/C29H26ClFN2O4S/c1-21-7-12-24(30)17-28(21)33(38(35,36)27-5-3-2-4-6-27)19-29(34)32-18-22-10-15-26(16-11-22)37-20-23-8-13-25(31)14-9-23/h2-17H,18-20H2,1H3,(H,32,34). The summed E-state index contributed by atoms with van der Waals surface area (Å²) in [7, 11) is -4.03. The molecule has 4 aromatic carbocycles. The van der Waals surface area contributed by atoms with Gasteiger partial charge in [-0.05, 0) is 72.1 Å². The van der Waals surface area contributed by atoms with E-state index in [1.165, 1.54) is 30.3 Å². The van der Waals surface area contributed by atoms with Crippen molar-refractivity contribution in [1.82, 2.24) is 5.32 Å². The Kier molecular flexibility index (Phi) is 8.66. The van der Waals surface area contributed by atoms with Gasteiger partial charge in [0.25, 0.3) is 10.0 Å². The van der Waals surface area contributed by atoms with Crippen molar-refractivity contribution >= 4 is 33.2 Å². The van der Waals surface area contributed by atoms with E-state index in [2.05, 4.69) is 5.32 Å². The second-order valence-corrected chi connectivity index (χ2v) is 10.9. The quantitative estimate of drug-likeness (QED) is 0.267. The van der Waals surface area contributed by atoms with E-state index in [0.717, 1.165) is 15.4 Å². The zero-order valence-corrected chi connectivity index (χ0v) is 22.2. The van der Waals surface area contributed by atoms with Crippen LogP contribution in [0.1, 0.15) is 16.7 Å². The van der Waals surface area contributed by atoms with Crippen LogP contribution in [-0.4, -0.2) is 20.9 Å². The average molecular weight is 553 g/mol. The minimum atomic E-state index is -4.03. The van der Waals surface area contributed by atoms with Crippen LogP contribution >= 0.6 is 11.6 Å². The van der Waals surface area contributed by atoms with Gasteiger partial charge in [-0.3, -0.25) is 9.10 Å². The fraction of sp³-hybridized carbons (Fsp3) is 0.138. The van der Waals surface area contributed by atoms with Crippen molar-refractivity contribution in [1.29, 1.82) is 0 Å². The fourth-order valence-electron chi connectivity index (χ4n) is 3.71. The van der Waals surface area contributed by atoms with Crippen LogP contribution in [0.5, 0.6) is 5.75 Å². The van der Waals surface area contributed by atoms with Crippen LogP contribution in [0.2, 0.25) is 5.02 Å². The number of carbonyl (C=O) groups is 1. The zero-order chi connectivity index (χ0) is 27.1. The van der Waals surface area contributed by atoms with E-state index in [9.17, 15) is 17.6 Å². The summed E-state index contributed by atoms with van der Waals surface area (Å²) in [5, 5.41) is 3.15. The Labute approximate surface area is 226 Å². The van der Waals surface area contributed by atoms with Crippen LogP contribution in [0.3, 0.4) is 0 Å². The number of hydrogen-bond acceptors (Lipinski definition) is 4. The molecule has 0 unspecified atom stereocenters. The molecule has 0 aliphatic carbocycles. The minimum Gasteiger partial charge on any atom is -0.489 e. The van der Waals surface area contributed by atoms with Gasteiger partial charge in [0.05, 0.1) is 10.6 Å². The van der Waals surface area contributed by atoms with Crippen molar-refractivity contribution in [2.45, 2.75) is 25.0 Å². The van der Waals surface area contributed by atoms with Crippen molar-refractivity contribution in [2.24, 2.45) is 0 Å². The Bertz CT molecular complexity index is 1500. The van der Waals surface area contributed by atoms with Crippen LogP contribution in [0.15, 0.2) is 102 Å². The summed E-state index contributed by atoms with van der Waals surface area (Å²) >= 11 is 6.16. The van der Waals surface area contributed by atoms with Crippen LogP contribution in [0.25, 0.3) is 0 Å². The average Bonchev–Trinajstić information content (AvgIpc) is 2.92. The number of nitrogens with one attached hydrogen (secondary N) is 1. The predicted molar refractivity (Wildman–Crippen MR) is 146 cm³/mol. The van der Waals surface area contributed by atoms with Crippen LogP contribution in [0.4, 0.5) is 10.1 Å². The third-order valence-electron chi connectivity index (χ3n) is 5.79. The molecule has 9 heteroatoms. The summed E-state index contributed by atoms with van der Waals surface area (Å²) in [5.41, 5.74) is 2.65. The number of amides is 1. The Balaban J connectivity index is 1.42. The van der Waals surface area contributed by atoms with Gasteiger partial charge in [0, 0.05) is 11.6 Å². The molecule has 1 N–H and O–H groups in total. The van der Waals surface area contributed by atoms with Gasteiger partial charge in [-0.25, -0.2) is 12.8 Å². The number of hydrogen-bond donors (Lipinski definition) is 1. The number of benzene rings is 4. The third kappa shape index (κ3) is 6.90. The van der Waals surface area contributed by atoms with Crippen LogP contribution in [0, 0.1) is 12.7 Å². The molecule has 0 bridgehead atoms. The summed E-state index contributed by atoms with van der Waals surface area (Å²) < 4.78 is 46.8. The number of nitrogens with zero attached hydrogens (tertiary/aromatic N) is 1. The maximum absolute atomic E-state index is 13.5.